The van der Waals surface area contributed by atoms with Crippen LogP contribution in [-0.4, -0.2) is 18.9 Å². The van der Waals surface area contributed by atoms with Crippen LogP contribution in [0.1, 0.15) is 25.3 Å². The molecule has 1 amide bonds. The Morgan fingerprint density at radius 2 is 1.88 bits per heavy atom. The van der Waals surface area contributed by atoms with Gasteiger partial charge in [-0.2, -0.15) is 0 Å². The Labute approximate surface area is 140 Å². The highest BCUT2D eigenvalue weighted by atomic mass is 19.1. The van der Waals surface area contributed by atoms with E-state index in [0.717, 1.165) is 18.6 Å². The number of rotatable bonds is 7. The van der Waals surface area contributed by atoms with E-state index < -0.39 is 6.09 Å². The number of amides is 1. The fraction of sp³-hybridized carbons (Fsp3) is 0.222. The molecule has 0 saturated heterocycles. The zero-order chi connectivity index (χ0) is 17.2. The molecule has 24 heavy (non-hydrogen) atoms. The van der Waals surface area contributed by atoms with Crippen molar-refractivity contribution < 1.29 is 18.8 Å². The number of carbonyl (C=O) groups is 1. The van der Waals surface area contributed by atoms with Gasteiger partial charge in [0.25, 0.3) is 0 Å². The summed E-state index contributed by atoms with van der Waals surface area (Å²) in [5.74, 6) is 0.407. The van der Waals surface area contributed by atoms with Crippen LogP contribution in [0.5, 0.6) is 5.75 Å². The van der Waals surface area contributed by atoms with Crippen LogP contribution >= 0.6 is 0 Å². The van der Waals surface area contributed by atoms with Gasteiger partial charge in [0.15, 0.2) is 0 Å². The number of halogens is 1. The standard InChI is InChI=1S/C18H19FN2O3/c1-2-3-12-23-17-10-8-16(9-11-17)21-18(22)24-20-13-14-4-6-15(19)7-5-14/h4-11,13H,2-3,12H2,1H3,(H,21,22)/b20-13+. The molecule has 0 heterocycles. The van der Waals surface area contributed by atoms with Gasteiger partial charge in [0.1, 0.15) is 11.6 Å². The Kier molecular flexibility index (Phi) is 6.76. The van der Waals surface area contributed by atoms with E-state index in [1.165, 1.54) is 30.5 Å². The molecule has 2 rings (SSSR count). The van der Waals surface area contributed by atoms with Gasteiger partial charge in [-0.05, 0) is 48.4 Å². The highest BCUT2D eigenvalue weighted by Gasteiger charge is 2.03. The van der Waals surface area contributed by atoms with Gasteiger partial charge >= 0.3 is 6.09 Å². The highest BCUT2D eigenvalue weighted by molar-refractivity contribution is 5.85. The zero-order valence-corrected chi connectivity index (χ0v) is 13.4. The topological polar surface area (TPSA) is 59.9 Å². The van der Waals surface area contributed by atoms with E-state index in [9.17, 15) is 9.18 Å². The first kappa shape index (κ1) is 17.5. The number of nitrogens with zero attached hydrogens (tertiary/aromatic N) is 1. The van der Waals surface area contributed by atoms with Crippen molar-refractivity contribution in [2.45, 2.75) is 19.8 Å². The normalized spacial score (nSPS) is 10.6. The Morgan fingerprint density at radius 1 is 1.17 bits per heavy atom. The molecule has 0 saturated carbocycles. The molecule has 6 heteroatoms. The third kappa shape index (κ3) is 6.08. The zero-order valence-electron chi connectivity index (χ0n) is 13.4. The number of ether oxygens (including phenoxy) is 1. The number of benzene rings is 2. The average Bonchev–Trinajstić information content (AvgIpc) is 2.58. The van der Waals surface area contributed by atoms with Crippen LogP contribution in [0.15, 0.2) is 53.7 Å². The van der Waals surface area contributed by atoms with Crippen LogP contribution < -0.4 is 10.1 Å². The average molecular weight is 330 g/mol. The molecule has 0 radical (unpaired) electrons. The predicted octanol–water partition coefficient (Wildman–Crippen LogP) is 4.59. The van der Waals surface area contributed by atoms with Crippen molar-refractivity contribution in [1.29, 1.82) is 0 Å². The van der Waals surface area contributed by atoms with Crippen molar-refractivity contribution >= 4 is 18.0 Å². The molecule has 0 aliphatic carbocycles. The smallest absolute Gasteiger partial charge is 0.437 e. The lowest BCUT2D eigenvalue weighted by atomic mass is 10.2. The number of hydrogen-bond acceptors (Lipinski definition) is 4. The van der Waals surface area contributed by atoms with Crippen LogP contribution in [0.4, 0.5) is 14.9 Å². The third-order valence-electron chi connectivity index (χ3n) is 3.07. The first-order valence-corrected chi connectivity index (χ1v) is 7.67. The molecule has 0 fully saturated rings. The number of nitrogens with one attached hydrogen (secondary N) is 1. The molecule has 0 bridgehead atoms. The maximum Gasteiger partial charge on any atom is 0.437 e. The Bertz CT molecular complexity index is 670. The van der Waals surface area contributed by atoms with Crippen LogP contribution in [0.3, 0.4) is 0 Å². The van der Waals surface area contributed by atoms with Gasteiger partial charge in [-0.25, -0.2) is 9.18 Å². The van der Waals surface area contributed by atoms with Crippen molar-refractivity contribution in [1.82, 2.24) is 0 Å². The van der Waals surface area contributed by atoms with Crippen LogP contribution in [-0.2, 0) is 4.84 Å². The highest BCUT2D eigenvalue weighted by Crippen LogP contribution is 2.16. The van der Waals surface area contributed by atoms with Gasteiger partial charge in [-0.3, -0.25) is 10.2 Å². The van der Waals surface area contributed by atoms with Gasteiger partial charge in [0.05, 0.1) is 12.8 Å². The Hall–Kier alpha value is -2.89. The first-order chi connectivity index (χ1) is 11.7. The minimum atomic E-state index is -0.715. The number of hydrogen-bond donors (Lipinski definition) is 1. The van der Waals surface area contributed by atoms with E-state index in [1.807, 2.05) is 0 Å². The van der Waals surface area contributed by atoms with Gasteiger partial charge in [-0.1, -0.05) is 30.6 Å². The monoisotopic (exact) mass is 330 g/mol. The largest absolute Gasteiger partial charge is 0.494 e. The number of unbranched alkanes of at least 4 members (excludes halogenated alkanes) is 1. The Balaban J connectivity index is 1.78. The summed E-state index contributed by atoms with van der Waals surface area (Å²) in [5, 5.41) is 6.09. The molecule has 2 aromatic carbocycles. The van der Waals surface area contributed by atoms with Crippen molar-refractivity contribution in [3.05, 3.63) is 59.9 Å². The van der Waals surface area contributed by atoms with Gasteiger partial charge in [0, 0.05) is 5.69 Å². The Morgan fingerprint density at radius 3 is 2.54 bits per heavy atom. The summed E-state index contributed by atoms with van der Waals surface area (Å²) in [6.07, 6.45) is 2.68. The summed E-state index contributed by atoms with van der Waals surface area (Å²) in [5.41, 5.74) is 1.19. The molecular weight excluding hydrogens is 311 g/mol. The molecule has 0 aliphatic rings. The van der Waals surface area contributed by atoms with E-state index in [2.05, 4.69) is 22.2 Å². The van der Waals surface area contributed by atoms with Crippen molar-refractivity contribution in [3.63, 3.8) is 0 Å². The predicted molar refractivity (Wildman–Crippen MR) is 90.9 cm³/mol. The molecule has 0 aliphatic heterocycles. The first-order valence-electron chi connectivity index (χ1n) is 7.67. The summed E-state index contributed by atoms with van der Waals surface area (Å²) in [6, 6.07) is 12.6. The van der Waals surface area contributed by atoms with E-state index in [-0.39, 0.29) is 5.82 Å². The SMILES string of the molecule is CCCCOc1ccc(NC(=O)O/N=C/c2ccc(F)cc2)cc1. The fourth-order valence-corrected chi connectivity index (χ4v) is 1.79. The number of carbonyl (C=O) groups excluding carboxylic acids is 1. The van der Waals surface area contributed by atoms with Gasteiger partial charge in [0.2, 0.25) is 0 Å². The van der Waals surface area contributed by atoms with Crippen LogP contribution in [0, 0.1) is 5.82 Å². The molecule has 2 aromatic rings. The lowest BCUT2D eigenvalue weighted by Gasteiger charge is -2.06. The minimum absolute atomic E-state index is 0.340. The van der Waals surface area contributed by atoms with Crippen molar-refractivity contribution in [3.8, 4) is 5.75 Å². The van der Waals surface area contributed by atoms with Crippen LogP contribution in [0.25, 0.3) is 0 Å². The van der Waals surface area contributed by atoms with Gasteiger partial charge in [-0.15, -0.1) is 0 Å². The van der Waals surface area contributed by atoms with Crippen molar-refractivity contribution in [2.24, 2.45) is 5.16 Å². The summed E-state index contributed by atoms with van der Waals surface area (Å²) in [6.45, 7) is 2.77. The third-order valence-corrected chi connectivity index (χ3v) is 3.07. The second-order valence-corrected chi connectivity index (χ2v) is 5.02. The maximum atomic E-state index is 12.7. The molecule has 5 nitrogen and oxygen atoms in total. The second kappa shape index (κ2) is 9.29. The molecule has 0 unspecified atom stereocenters. The molecule has 0 aromatic heterocycles. The minimum Gasteiger partial charge on any atom is -0.494 e. The molecular formula is C18H19FN2O3. The molecule has 1 N–H and O–H groups in total. The van der Waals surface area contributed by atoms with E-state index >= 15 is 0 Å². The summed E-state index contributed by atoms with van der Waals surface area (Å²) >= 11 is 0. The summed E-state index contributed by atoms with van der Waals surface area (Å²) < 4.78 is 18.3. The van der Waals surface area contributed by atoms with E-state index in [0.29, 0.717) is 17.9 Å². The van der Waals surface area contributed by atoms with Gasteiger partial charge < -0.3 is 4.74 Å². The lowest BCUT2D eigenvalue weighted by molar-refractivity contribution is 0.167. The number of oxime groups is 1. The summed E-state index contributed by atoms with van der Waals surface area (Å²) in [7, 11) is 0. The van der Waals surface area contributed by atoms with Crippen LogP contribution in [0.2, 0.25) is 0 Å². The maximum absolute atomic E-state index is 12.7. The summed E-state index contributed by atoms with van der Waals surface area (Å²) in [4.78, 5) is 16.3. The molecule has 126 valence electrons. The molecule has 0 spiro atoms. The quantitative estimate of drug-likeness (QED) is 0.350. The second-order valence-electron chi connectivity index (χ2n) is 5.02. The molecule has 0 atom stereocenters. The van der Waals surface area contributed by atoms with E-state index in [1.54, 1.807) is 24.3 Å². The van der Waals surface area contributed by atoms with Crippen molar-refractivity contribution in [2.75, 3.05) is 11.9 Å². The number of anilines is 1. The van der Waals surface area contributed by atoms with E-state index in [4.69, 9.17) is 4.74 Å². The fourth-order valence-electron chi connectivity index (χ4n) is 1.79. The lowest BCUT2D eigenvalue weighted by Crippen LogP contribution is -2.10.